The number of carbonyl (C=O) groups excluding carboxylic acids is 3. The predicted octanol–water partition coefficient (Wildman–Crippen LogP) is 5.86. The van der Waals surface area contributed by atoms with Crippen molar-refractivity contribution >= 4 is 54.7 Å². The van der Waals surface area contributed by atoms with Crippen LogP contribution in [0.3, 0.4) is 0 Å². The molecule has 4 aromatic rings. The fourth-order valence-electron chi connectivity index (χ4n) is 8.51. The van der Waals surface area contributed by atoms with Gasteiger partial charge < -0.3 is 35.5 Å². The molecule has 5 atom stereocenters. The van der Waals surface area contributed by atoms with Gasteiger partial charge in [-0.05, 0) is 90.8 Å². The van der Waals surface area contributed by atoms with Gasteiger partial charge in [0.15, 0.2) is 13.9 Å². The standard InChI is InChI=1S/C40H43ClN4O6Si/c1-24-37(52(2,3)50)35(20-36(47)44-22-28-9-5-4-8-27(28)18-32(44)23-46)51-40(24)33-19-29(41)13-16-34(33)45(39(40)49)21-25-7-6-10-31(17-25)43-38(48)26-11-14-30(42)15-12-26/h4-17,19,24,32,35,37,46,50H,18,20-23,42H2,1-3H3,(H,43,48)/t24-,32-,35+,37-,40+/m0/s1. The van der Waals surface area contributed by atoms with E-state index < -0.39 is 31.5 Å². The summed E-state index contributed by atoms with van der Waals surface area (Å²) in [5.41, 5.74) is 9.55. The Morgan fingerprint density at radius 1 is 1.02 bits per heavy atom. The van der Waals surface area contributed by atoms with Gasteiger partial charge >= 0.3 is 0 Å². The molecule has 1 spiro atoms. The summed E-state index contributed by atoms with van der Waals surface area (Å²) in [4.78, 5) is 57.1. The monoisotopic (exact) mass is 738 g/mol. The molecule has 3 amide bonds. The number of benzene rings is 4. The molecule has 0 bridgehead atoms. The van der Waals surface area contributed by atoms with Crippen LogP contribution in [-0.2, 0) is 39.4 Å². The van der Waals surface area contributed by atoms with Crippen LogP contribution in [0, 0.1) is 5.92 Å². The summed E-state index contributed by atoms with van der Waals surface area (Å²) in [7, 11) is -3.05. The summed E-state index contributed by atoms with van der Waals surface area (Å²) in [6.07, 6.45) is -0.265. The first kappa shape index (κ1) is 35.9. The molecule has 270 valence electrons. The molecule has 0 aliphatic carbocycles. The Morgan fingerprint density at radius 2 is 1.75 bits per heavy atom. The molecule has 10 nitrogen and oxygen atoms in total. The molecule has 0 radical (unpaired) electrons. The molecule has 3 aliphatic heterocycles. The lowest BCUT2D eigenvalue weighted by Gasteiger charge is -2.37. The summed E-state index contributed by atoms with van der Waals surface area (Å²) in [5, 5.41) is 13.6. The molecule has 7 rings (SSSR count). The maximum atomic E-state index is 14.9. The second kappa shape index (κ2) is 13.8. The van der Waals surface area contributed by atoms with Crippen LogP contribution in [0.25, 0.3) is 0 Å². The number of aliphatic hydroxyl groups is 1. The Labute approximate surface area is 309 Å². The quantitative estimate of drug-likeness (QED) is 0.131. The number of halogens is 1. The van der Waals surface area contributed by atoms with Gasteiger partial charge in [0.25, 0.3) is 11.8 Å². The van der Waals surface area contributed by atoms with E-state index in [4.69, 9.17) is 22.1 Å². The molecule has 52 heavy (non-hydrogen) atoms. The summed E-state index contributed by atoms with van der Waals surface area (Å²) < 4.78 is 6.91. The zero-order valence-electron chi connectivity index (χ0n) is 29.4. The second-order valence-electron chi connectivity index (χ2n) is 14.7. The second-order valence-corrected chi connectivity index (χ2v) is 19.1. The highest BCUT2D eigenvalue weighted by molar-refractivity contribution is 6.71. The summed E-state index contributed by atoms with van der Waals surface area (Å²) in [6, 6.07) is 26.8. The van der Waals surface area contributed by atoms with Gasteiger partial charge in [-0.1, -0.05) is 54.9 Å². The zero-order chi connectivity index (χ0) is 36.9. The van der Waals surface area contributed by atoms with E-state index >= 15 is 0 Å². The third-order valence-corrected chi connectivity index (χ3v) is 13.6. The average molecular weight is 739 g/mol. The fraction of sp³-hybridized carbons (Fsp3) is 0.325. The van der Waals surface area contributed by atoms with E-state index in [1.54, 1.807) is 58.3 Å². The number of nitrogens with one attached hydrogen (secondary N) is 1. The third kappa shape index (κ3) is 6.41. The van der Waals surface area contributed by atoms with Gasteiger partial charge in [-0.2, -0.15) is 0 Å². The first-order chi connectivity index (χ1) is 24.8. The van der Waals surface area contributed by atoms with Crippen LogP contribution < -0.4 is 16.0 Å². The van der Waals surface area contributed by atoms with Crippen LogP contribution in [0.4, 0.5) is 17.1 Å². The Hall–Kier alpha value is -4.52. The molecule has 3 heterocycles. The fourth-order valence-corrected chi connectivity index (χ4v) is 11.2. The molecular formula is C40H43ClN4O6Si. The van der Waals surface area contributed by atoms with E-state index in [9.17, 15) is 24.3 Å². The van der Waals surface area contributed by atoms with Gasteiger partial charge in [-0.15, -0.1) is 0 Å². The number of amides is 3. The SMILES string of the molecule is C[C@H]1[C@H]([Si](C)(C)O)[C@@H](CC(=O)N2Cc3ccccc3C[C@H]2CO)O[C@]12C(=O)N(Cc1cccc(NC(=O)c3ccc(N)cc3)c1)c1ccc(Cl)cc12. The normalized spacial score (nSPS) is 23.8. The molecule has 12 heteroatoms. The van der Waals surface area contributed by atoms with Crippen LogP contribution in [0.15, 0.2) is 91.0 Å². The Bertz CT molecular complexity index is 2040. The summed E-state index contributed by atoms with van der Waals surface area (Å²) >= 11 is 6.58. The smallest absolute Gasteiger partial charge is 0.264 e. The molecule has 3 aliphatic rings. The minimum absolute atomic E-state index is 0.0503. The Kier molecular flexibility index (Phi) is 9.51. The lowest BCUT2D eigenvalue weighted by molar-refractivity contribution is -0.151. The molecule has 5 N–H and O–H groups in total. The van der Waals surface area contributed by atoms with Crippen LogP contribution in [-0.4, -0.2) is 59.6 Å². The van der Waals surface area contributed by atoms with Crippen LogP contribution in [0.5, 0.6) is 0 Å². The summed E-state index contributed by atoms with van der Waals surface area (Å²) in [5.74, 6) is -1.28. The summed E-state index contributed by atoms with van der Waals surface area (Å²) in [6.45, 7) is 5.93. The largest absolute Gasteiger partial charge is 0.432 e. The van der Waals surface area contributed by atoms with Crippen molar-refractivity contribution in [2.45, 2.75) is 69.2 Å². The van der Waals surface area contributed by atoms with Gasteiger partial charge in [0.05, 0.1) is 37.4 Å². The number of nitrogen functional groups attached to an aromatic ring is 1. The first-order valence-corrected chi connectivity index (χ1v) is 21.0. The first-order valence-electron chi connectivity index (χ1n) is 17.5. The van der Waals surface area contributed by atoms with Gasteiger partial charge in [-0.25, -0.2) is 0 Å². The van der Waals surface area contributed by atoms with Crippen molar-refractivity contribution in [1.82, 2.24) is 4.90 Å². The molecule has 0 unspecified atom stereocenters. The molecule has 1 saturated heterocycles. The highest BCUT2D eigenvalue weighted by atomic mass is 35.5. The lowest BCUT2D eigenvalue weighted by Crippen LogP contribution is -2.48. The zero-order valence-corrected chi connectivity index (χ0v) is 31.1. The minimum atomic E-state index is -3.05. The van der Waals surface area contributed by atoms with E-state index in [0.717, 1.165) is 16.7 Å². The van der Waals surface area contributed by atoms with Crippen LogP contribution in [0.2, 0.25) is 23.7 Å². The predicted molar refractivity (Wildman–Crippen MR) is 203 cm³/mol. The molecule has 1 fully saturated rings. The van der Waals surface area contributed by atoms with E-state index in [0.29, 0.717) is 46.2 Å². The van der Waals surface area contributed by atoms with Gasteiger partial charge in [0, 0.05) is 45.5 Å². The molecule has 0 aromatic heterocycles. The molecular weight excluding hydrogens is 696 g/mol. The highest BCUT2D eigenvalue weighted by Gasteiger charge is 2.66. The number of hydrogen-bond acceptors (Lipinski definition) is 7. The number of nitrogens with two attached hydrogens (primary N) is 1. The number of hydrogen-bond donors (Lipinski definition) is 4. The molecule has 0 saturated carbocycles. The van der Waals surface area contributed by atoms with Crippen molar-refractivity contribution in [2.24, 2.45) is 5.92 Å². The average Bonchev–Trinajstić information content (AvgIpc) is 3.53. The number of anilines is 3. The van der Waals surface area contributed by atoms with Crippen molar-refractivity contribution in [3.63, 3.8) is 0 Å². The number of carbonyl (C=O) groups is 3. The number of aliphatic hydroxyl groups excluding tert-OH is 1. The number of rotatable bonds is 8. The van der Waals surface area contributed by atoms with Crippen molar-refractivity contribution in [3.05, 3.63) is 124 Å². The van der Waals surface area contributed by atoms with Crippen molar-refractivity contribution in [2.75, 3.05) is 22.6 Å². The van der Waals surface area contributed by atoms with Gasteiger partial charge in [-0.3, -0.25) is 14.4 Å². The van der Waals surface area contributed by atoms with E-state index in [1.807, 2.05) is 62.5 Å². The van der Waals surface area contributed by atoms with Crippen LogP contribution >= 0.6 is 11.6 Å². The van der Waals surface area contributed by atoms with Crippen LogP contribution in [0.1, 0.15) is 46.0 Å². The van der Waals surface area contributed by atoms with Crippen molar-refractivity contribution in [1.29, 1.82) is 0 Å². The number of nitrogens with zero attached hydrogens (tertiary/aromatic N) is 2. The third-order valence-electron chi connectivity index (χ3n) is 10.9. The maximum absolute atomic E-state index is 14.9. The van der Waals surface area contributed by atoms with Gasteiger partial charge in [0.1, 0.15) is 0 Å². The van der Waals surface area contributed by atoms with E-state index in [-0.39, 0.29) is 43.3 Å². The molecule has 4 aromatic carbocycles. The Balaban J connectivity index is 1.18. The van der Waals surface area contributed by atoms with E-state index in [1.165, 1.54) is 0 Å². The van der Waals surface area contributed by atoms with Crippen molar-refractivity contribution in [3.8, 4) is 0 Å². The Morgan fingerprint density at radius 3 is 2.46 bits per heavy atom. The van der Waals surface area contributed by atoms with Crippen molar-refractivity contribution < 1.29 is 29.0 Å². The maximum Gasteiger partial charge on any atom is 0.264 e. The number of ether oxygens (including phenoxy) is 1. The minimum Gasteiger partial charge on any atom is -0.432 e. The number of fused-ring (bicyclic) bond motifs is 3. The lowest BCUT2D eigenvalue weighted by atomic mass is 9.82. The van der Waals surface area contributed by atoms with E-state index in [2.05, 4.69) is 5.32 Å². The van der Waals surface area contributed by atoms with Gasteiger partial charge in [0.2, 0.25) is 5.91 Å². The highest BCUT2D eigenvalue weighted by Crippen LogP contribution is 2.60. The topological polar surface area (TPSA) is 145 Å².